The highest BCUT2D eigenvalue weighted by molar-refractivity contribution is 5.73. The van der Waals surface area contributed by atoms with Crippen LogP contribution < -0.4 is 0 Å². The van der Waals surface area contributed by atoms with Crippen molar-refractivity contribution in [1.82, 2.24) is 4.90 Å². The molecule has 12 unspecified atom stereocenters. The second-order valence-electron chi connectivity index (χ2n) is 16.9. The normalized spacial score (nSPS) is 48.3. The lowest BCUT2D eigenvalue weighted by molar-refractivity contribution is -0.182. The zero-order chi connectivity index (χ0) is 31.8. The molecule has 2 spiro atoms. The van der Waals surface area contributed by atoms with E-state index in [1.54, 1.807) is 0 Å². The molecule has 244 valence electrons. The predicted molar refractivity (Wildman–Crippen MR) is 160 cm³/mol. The van der Waals surface area contributed by atoms with Crippen molar-refractivity contribution in [2.24, 2.45) is 50.7 Å². The van der Waals surface area contributed by atoms with Crippen molar-refractivity contribution in [3.63, 3.8) is 0 Å². The number of rotatable bonds is 4. The van der Waals surface area contributed by atoms with E-state index >= 15 is 0 Å². The first-order chi connectivity index (χ1) is 20.5. The molecule has 44 heavy (non-hydrogen) atoms. The van der Waals surface area contributed by atoms with Crippen LogP contribution in [0, 0.1) is 68.2 Å². The summed E-state index contributed by atoms with van der Waals surface area (Å²) in [5.74, 6) is -2.95. The molecule has 1 aliphatic heterocycles. The van der Waals surface area contributed by atoms with Crippen molar-refractivity contribution < 1.29 is 32.9 Å². The van der Waals surface area contributed by atoms with Crippen molar-refractivity contribution in [3.05, 3.63) is 35.1 Å². The molecule has 0 bridgehead atoms. The van der Waals surface area contributed by atoms with Crippen LogP contribution in [0.5, 0.6) is 0 Å². The van der Waals surface area contributed by atoms with E-state index in [2.05, 4.69) is 34.6 Å². The summed E-state index contributed by atoms with van der Waals surface area (Å²) in [6, 6.07) is 1.87. The minimum absolute atomic E-state index is 0.0529. The number of aliphatic hydroxyl groups is 2. The molecule has 1 aromatic carbocycles. The Bertz CT molecular complexity index is 1350. The van der Waals surface area contributed by atoms with Crippen LogP contribution >= 0.6 is 0 Å². The fraction of sp³-hybridized carbons (Fsp3) is 0.806. The summed E-state index contributed by atoms with van der Waals surface area (Å²) >= 11 is 0. The van der Waals surface area contributed by atoms with Crippen LogP contribution in [0.25, 0.3) is 0 Å². The number of aliphatic hydroxyl groups excluding tert-OH is 2. The zero-order valence-electron chi connectivity index (χ0n) is 27.1. The number of amides is 1. The number of carbonyl (C=O) groups excluding carboxylic acids is 1. The van der Waals surface area contributed by atoms with Crippen LogP contribution in [0.2, 0.25) is 0 Å². The number of hydrogen-bond acceptors (Lipinski definition) is 4. The summed E-state index contributed by atoms with van der Waals surface area (Å²) in [5, 5.41) is 23.4. The smallest absolute Gasteiger partial charge is 0.219 e. The van der Waals surface area contributed by atoms with E-state index in [1.807, 2.05) is 0 Å². The first-order valence-corrected chi connectivity index (χ1v) is 16.9. The van der Waals surface area contributed by atoms with E-state index in [0.29, 0.717) is 11.8 Å². The van der Waals surface area contributed by atoms with Gasteiger partial charge in [0.2, 0.25) is 5.91 Å². The van der Waals surface area contributed by atoms with Crippen LogP contribution in [-0.4, -0.2) is 52.0 Å². The Hall–Kier alpha value is -1.64. The topological polar surface area (TPSA) is 70.0 Å². The highest BCUT2D eigenvalue weighted by Crippen LogP contribution is 2.89. The summed E-state index contributed by atoms with van der Waals surface area (Å²) in [6.07, 6.45) is 6.76. The molecule has 8 heteroatoms. The molecule has 1 heterocycles. The number of hydrogen-bond donors (Lipinski definition) is 2. The zero-order valence-corrected chi connectivity index (χ0v) is 27.1. The third-order valence-corrected chi connectivity index (χ3v) is 15.1. The van der Waals surface area contributed by atoms with E-state index in [9.17, 15) is 28.2 Å². The second-order valence-corrected chi connectivity index (χ2v) is 16.9. The van der Waals surface area contributed by atoms with Gasteiger partial charge in [-0.05, 0) is 114 Å². The maximum absolute atomic E-state index is 13.9. The minimum Gasteiger partial charge on any atom is -0.393 e. The number of halogens is 3. The second kappa shape index (κ2) is 9.70. The largest absolute Gasteiger partial charge is 0.393 e. The monoisotopic (exact) mass is 617 g/mol. The lowest BCUT2D eigenvalue weighted by Gasteiger charge is -2.63. The van der Waals surface area contributed by atoms with Gasteiger partial charge in [0, 0.05) is 25.4 Å². The highest BCUT2D eigenvalue weighted by atomic mass is 19.2. The molecule has 5 nitrogen and oxygen atoms in total. The summed E-state index contributed by atoms with van der Waals surface area (Å²) < 4.78 is 48.2. The number of carbonyl (C=O) groups is 1. The van der Waals surface area contributed by atoms with E-state index in [4.69, 9.17) is 4.74 Å². The molecule has 2 N–H and O–H groups in total. The lowest BCUT2D eigenvalue weighted by atomic mass is 9.41. The molecule has 6 fully saturated rings. The van der Waals surface area contributed by atoms with Crippen LogP contribution in [-0.2, 0) is 16.1 Å². The molecule has 12 atom stereocenters. The Morgan fingerprint density at radius 2 is 1.61 bits per heavy atom. The standard InChI is InChI=1S/C36H50F3NO4/c1-19-13-22(17-40(20(2)41)16-21-14-23(37)29(39)24(38)15-21)44-30-28(19)33(5)11-12-36-18-35(36)10-9-27(42)32(3,4)25(35)7-8-26(36)34(33,6)31(30)43/h14-15,19,22,25-28,30-31,42-43H,7-13,16-18H2,1-6H3. The van der Waals surface area contributed by atoms with Gasteiger partial charge >= 0.3 is 0 Å². The van der Waals surface area contributed by atoms with Gasteiger partial charge in [0.05, 0.1) is 24.4 Å². The fourth-order valence-corrected chi connectivity index (χ4v) is 13.0. The van der Waals surface area contributed by atoms with E-state index in [1.165, 1.54) is 24.7 Å². The SMILES string of the molecule is CC(=O)N(Cc1cc(F)c(F)c(F)c1)CC1CC(C)C2C(O1)C(O)C1(C)C3CCC4C(C)(C)C(O)CCC45CC35CCC21C. The molecule has 1 amide bonds. The Morgan fingerprint density at radius 3 is 2.27 bits per heavy atom. The van der Waals surface area contributed by atoms with E-state index in [-0.39, 0.29) is 81.8 Å². The van der Waals surface area contributed by atoms with Gasteiger partial charge in [0.15, 0.2) is 17.5 Å². The summed E-state index contributed by atoms with van der Waals surface area (Å²) in [5.41, 5.74) is 0.206. The van der Waals surface area contributed by atoms with Crippen LogP contribution in [0.4, 0.5) is 13.2 Å². The molecular weight excluding hydrogens is 567 g/mol. The third kappa shape index (κ3) is 3.79. The summed E-state index contributed by atoms with van der Waals surface area (Å²) in [7, 11) is 0. The van der Waals surface area contributed by atoms with Gasteiger partial charge in [-0.1, -0.05) is 34.6 Å². The van der Waals surface area contributed by atoms with E-state index in [0.717, 1.165) is 50.7 Å². The molecule has 1 saturated heterocycles. The molecule has 0 radical (unpaired) electrons. The maximum atomic E-state index is 13.9. The van der Waals surface area contributed by atoms with Crippen molar-refractivity contribution in [1.29, 1.82) is 0 Å². The van der Waals surface area contributed by atoms with Crippen molar-refractivity contribution in [2.45, 2.75) is 124 Å². The van der Waals surface area contributed by atoms with Gasteiger partial charge in [0.25, 0.3) is 0 Å². The first-order valence-electron chi connectivity index (χ1n) is 16.9. The van der Waals surface area contributed by atoms with Gasteiger partial charge < -0.3 is 19.8 Å². The number of ether oxygens (including phenoxy) is 1. The Kier molecular flexibility index (Phi) is 6.83. The van der Waals surface area contributed by atoms with Gasteiger partial charge in [0.1, 0.15) is 0 Å². The molecule has 5 saturated carbocycles. The number of nitrogens with zero attached hydrogens (tertiary/aromatic N) is 1. The van der Waals surface area contributed by atoms with Gasteiger partial charge in [-0.15, -0.1) is 0 Å². The number of fused-ring (bicyclic) bond motifs is 4. The third-order valence-electron chi connectivity index (χ3n) is 15.1. The molecular formula is C36H50F3NO4. The Labute approximate surface area is 259 Å². The summed E-state index contributed by atoms with van der Waals surface area (Å²) in [4.78, 5) is 14.2. The molecule has 1 aromatic rings. The molecule has 5 aliphatic carbocycles. The van der Waals surface area contributed by atoms with E-state index < -0.39 is 23.6 Å². The number of benzene rings is 1. The maximum Gasteiger partial charge on any atom is 0.219 e. The first kappa shape index (κ1) is 31.0. The van der Waals surface area contributed by atoms with Crippen molar-refractivity contribution >= 4 is 5.91 Å². The quantitative estimate of drug-likeness (QED) is 0.373. The summed E-state index contributed by atoms with van der Waals surface area (Å²) in [6.45, 7) is 13.1. The molecule has 7 rings (SSSR count). The fourth-order valence-electron chi connectivity index (χ4n) is 13.0. The lowest BCUT2D eigenvalue weighted by Crippen LogP contribution is -2.59. The van der Waals surface area contributed by atoms with Crippen LogP contribution in [0.3, 0.4) is 0 Å². The Balaban J connectivity index is 1.14. The average Bonchev–Trinajstić information content (AvgIpc) is 3.58. The minimum atomic E-state index is -1.52. The van der Waals surface area contributed by atoms with Gasteiger partial charge in [-0.3, -0.25) is 4.79 Å². The highest BCUT2D eigenvalue weighted by Gasteiger charge is 2.84. The van der Waals surface area contributed by atoms with Crippen LogP contribution in [0.15, 0.2) is 12.1 Å². The Morgan fingerprint density at radius 1 is 0.977 bits per heavy atom. The van der Waals surface area contributed by atoms with Crippen molar-refractivity contribution in [3.8, 4) is 0 Å². The van der Waals surface area contributed by atoms with Crippen LogP contribution in [0.1, 0.15) is 98.5 Å². The van der Waals surface area contributed by atoms with Gasteiger partial charge in [-0.25, -0.2) is 13.2 Å². The molecule has 0 aromatic heterocycles. The van der Waals surface area contributed by atoms with Crippen molar-refractivity contribution in [2.75, 3.05) is 6.54 Å². The predicted octanol–water partition coefficient (Wildman–Crippen LogP) is 6.63. The van der Waals surface area contributed by atoms with Gasteiger partial charge in [-0.2, -0.15) is 0 Å². The molecule has 6 aliphatic rings. The average molecular weight is 618 g/mol.